The Bertz CT molecular complexity index is 439. The zero-order valence-electron chi connectivity index (χ0n) is 11.5. The molecule has 0 radical (unpaired) electrons. The lowest BCUT2D eigenvalue weighted by Gasteiger charge is -2.33. The average Bonchev–Trinajstić information content (AvgIpc) is 2.39. The molecule has 0 spiro atoms. The van der Waals surface area contributed by atoms with E-state index in [2.05, 4.69) is 5.32 Å². The minimum Gasteiger partial charge on any atom is -0.389 e. The van der Waals surface area contributed by atoms with Crippen molar-refractivity contribution in [3.05, 3.63) is 29.3 Å². The number of hydrogen-bond acceptors (Lipinski definition) is 2. The predicted molar refractivity (Wildman–Crippen MR) is 79.5 cm³/mol. The van der Waals surface area contributed by atoms with Crippen molar-refractivity contribution in [3.63, 3.8) is 0 Å². The van der Waals surface area contributed by atoms with Crippen molar-refractivity contribution in [1.29, 1.82) is 0 Å². The van der Waals surface area contributed by atoms with Gasteiger partial charge in [-0.1, -0.05) is 33.0 Å². The van der Waals surface area contributed by atoms with E-state index in [1.165, 1.54) is 12.1 Å². The van der Waals surface area contributed by atoms with Crippen LogP contribution in [-0.4, -0.2) is 10.5 Å². The molecule has 2 nitrogen and oxygen atoms in total. The van der Waals surface area contributed by atoms with E-state index in [4.69, 9.17) is 18.0 Å². The maximum absolute atomic E-state index is 14.0. The third kappa shape index (κ3) is 3.41. The third-order valence-electron chi connectivity index (χ3n) is 3.75. The van der Waals surface area contributed by atoms with E-state index >= 15 is 0 Å². The number of benzene rings is 1. The molecule has 1 rings (SSSR count). The summed E-state index contributed by atoms with van der Waals surface area (Å²) in [5.74, 6) is -1.33. The Morgan fingerprint density at radius 2 is 1.58 bits per heavy atom. The second-order valence-electron chi connectivity index (χ2n) is 4.65. The van der Waals surface area contributed by atoms with Crippen molar-refractivity contribution >= 4 is 22.9 Å². The van der Waals surface area contributed by atoms with Gasteiger partial charge in [-0.25, -0.2) is 8.78 Å². The molecule has 0 amide bonds. The predicted octanol–water partition coefficient (Wildman–Crippen LogP) is 3.98. The van der Waals surface area contributed by atoms with Gasteiger partial charge >= 0.3 is 0 Å². The van der Waals surface area contributed by atoms with E-state index in [9.17, 15) is 8.78 Å². The smallest absolute Gasteiger partial charge is 0.150 e. The Balaban J connectivity index is 3.18. The highest BCUT2D eigenvalue weighted by atomic mass is 32.1. The molecule has 1 aromatic carbocycles. The van der Waals surface area contributed by atoms with Gasteiger partial charge in [0.1, 0.15) is 22.3 Å². The summed E-state index contributed by atoms with van der Waals surface area (Å²) in [6.45, 7) is 6.00. The fourth-order valence-corrected chi connectivity index (χ4v) is 2.23. The molecule has 3 N–H and O–H groups in total. The van der Waals surface area contributed by atoms with Crippen LogP contribution in [0.15, 0.2) is 12.1 Å². The molecule has 0 aliphatic carbocycles. The molecule has 0 heterocycles. The van der Waals surface area contributed by atoms with Crippen molar-refractivity contribution < 1.29 is 8.78 Å². The Labute approximate surface area is 118 Å². The van der Waals surface area contributed by atoms with Gasteiger partial charge in [0.05, 0.1) is 0 Å². The first-order valence-electron chi connectivity index (χ1n) is 6.46. The maximum Gasteiger partial charge on any atom is 0.150 e. The maximum atomic E-state index is 14.0. The molecule has 0 atom stereocenters. The lowest BCUT2D eigenvalue weighted by molar-refractivity contribution is 0.414. The second kappa shape index (κ2) is 6.28. The molecule has 0 aliphatic heterocycles. The van der Waals surface area contributed by atoms with E-state index in [1.807, 2.05) is 20.8 Å². The molecule has 19 heavy (non-hydrogen) atoms. The highest BCUT2D eigenvalue weighted by molar-refractivity contribution is 7.80. The first kappa shape index (κ1) is 15.8. The molecule has 0 unspecified atom stereocenters. The highest BCUT2D eigenvalue weighted by Crippen LogP contribution is 2.29. The summed E-state index contributed by atoms with van der Waals surface area (Å²) in [5, 5.41) is 3.01. The standard InChI is InChI=1S/C14H20F2N2S/c1-4-14(5-2,6-3)18-12-10(15)7-9(13(17)19)8-11(12)16/h7-8,18H,4-6H2,1-3H3,(H2,17,19). The van der Waals surface area contributed by atoms with Crippen LogP contribution in [0.3, 0.4) is 0 Å². The van der Waals surface area contributed by atoms with Crippen LogP contribution in [0.5, 0.6) is 0 Å². The number of thiocarbonyl (C=S) groups is 1. The first-order valence-corrected chi connectivity index (χ1v) is 6.87. The van der Waals surface area contributed by atoms with Gasteiger partial charge < -0.3 is 11.1 Å². The molecule has 0 bridgehead atoms. The van der Waals surface area contributed by atoms with Gasteiger partial charge in [-0.15, -0.1) is 0 Å². The molecule has 0 saturated heterocycles. The van der Waals surface area contributed by atoms with E-state index in [0.29, 0.717) is 0 Å². The third-order valence-corrected chi connectivity index (χ3v) is 3.98. The van der Waals surface area contributed by atoms with Crippen molar-refractivity contribution in [2.75, 3.05) is 5.32 Å². The number of nitrogens with two attached hydrogens (primary N) is 1. The van der Waals surface area contributed by atoms with Crippen LogP contribution in [0, 0.1) is 11.6 Å². The number of rotatable bonds is 6. The van der Waals surface area contributed by atoms with Crippen molar-refractivity contribution in [1.82, 2.24) is 0 Å². The van der Waals surface area contributed by atoms with Crippen molar-refractivity contribution in [2.45, 2.75) is 45.6 Å². The van der Waals surface area contributed by atoms with Gasteiger partial charge in [-0.3, -0.25) is 0 Å². The number of halogens is 2. The molecule has 0 saturated carbocycles. The normalized spacial score (nSPS) is 11.4. The van der Waals surface area contributed by atoms with E-state index in [1.54, 1.807) is 0 Å². The van der Waals surface area contributed by atoms with Gasteiger partial charge in [0, 0.05) is 11.1 Å². The highest BCUT2D eigenvalue weighted by Gasteiger charge is 2.26. The number of anilines is 1. The minimum atomic E-state index is -0.664. The molecule has 0 aliphatic rings. The van der Waals surface area contributed by atoms with Crippen LogP contribution in [0.4, 0.5) is 14.5 Å². The van der Waals surface area contributed by atoms with E-state index < -0.39 is 11.6 Å². The van der Waals surface area contributed by atoms with Crippen LogP contribution >= 0.6 is 12.2 Å². The van der Waals surface area contributed by atoms with Gasteiger partial charge in [0.2, 0.25) is 0 Å². The van der Waals surface area contributed by atoms with Crippen LogP contribution in [0.1, 0.15) is 45.6 Å². The van der Waals surface area contributed by atoms with Gasteiger partial charge in [-0.05, 0) is 31.4 Å². The molecule has 0 aromatic heterocycles. The van der Waals surface area contributed by atoms with Crippen LogP contribution < -0.4 is 11.1 Å². The number of hydrogen-bond donors (Lipinski definition) is 2. The first-order chi connectivity index (χ1) is 8.89. The van der Waals surface area contributed by atoms with Crippen LogP contribution in [-0.2, 0) is 0 Å². The van der Waals surface area contributed by atoms with Crippen molar-refractivity contribution in [2.24, 2.45) is 5.73 Å². The van der Waals surface area contributed by atoms with Gasteiger partial charge in [-0.2, -0.15) is 0 Å². The Hall–Kier alpha value is -1.23. The molecular weight excluding hydrogens is 266 g/mol. The zero-order valence-corrected chi connectivity index (χ0v) is 12.3. The van der Waals surface area contributed by atoms with Crippen molar-refractivity contribution in [3.8, 4) is 0 Å². The van der Waals surface area contributed by atoms with Gasteiger partial charge in [0.15, 0.2) is 0 Å². The summed E-state index contributed by atoms with van der Waals surface area (Å²) in [6, 6.07) is 2.33. The van der Waals surface area contributed by atoms with Crippen LogP contribution in [0.25, 0.3) is 0 Å². The minimum absolute atomic E-state index is 0.0166. The molecule has 1 aromatic rings. The van der Waals surface area contributed by atoms with Gasteiger partial charge in [0.25, 0.3) is 0 Å². The number of nitrogens with one attached hydrogen (secondary N) is 1. The van der Waals surface area contributed by atoms with E-state index in [-0.39, 0.29) is 21.8 Å². The zero-order chi connectivity index (χ0) is 14.6. The molecule has 0 fully saturated rings. The summed E-state index contributed by atoms with van der Waals surface area (Å²) in [7, 11) is 0. The van der Waals surface area contributed by atoms with Crippen LogP contribution in [0.2, 0.25) is 0 Å². The summed E-state index contributed by atoms with van der Waals surface area (Å²) in [4.78, 5) is -0.0166. The Morgan fingerprint density at radius 3 is 1.89 bits per heavy atom. The molecule has 5 heteroatoms. The monoisotopic (exact) mass is 286 g/mol. The quantitative estimate of drug-likeness (QED) is 0.777. The Morgan fingerprint density at radius 1 is 1.16 bits per heavy atom. The summed E-state index contributed by atoms with van der Waals surface area (Å²) < 4.78 is 28.0. The summed E-state index contributed by atoms with van der Waals surface area (Å²) in [6.07, 6.45) is 2.36. The Kier molecular flexibility index (Phi) is 5.23. The summed E-state index contributed by atoms with van der Waals surface area (Å²) >= 11 is 4.73. The largest absolute Gasteiger partial charge is 0.389 e. The lowest BCUT2D eigenvalue weighted by atomic mass is 9.89. The molecular formula is C14H20F2N2S. The summed E-state index contributed by atoms with van der Waals surface area (Å²) in [5.41, 5.74) is 5.18. The molecule has 106 valence electrons. The average molecular weight is 286 g/mol. The second-order valence-corrected chi connectivity index (χ2v) is 5.08. The SMILES string of the molecule is CCC(CC)(CC)Nc1c(F)cc(C(N)=S)cc1F. The van der Waals surface area contributed by atoms with E-state index in [0.717, 1.165) is 19.3 Å². The fourth-order valence-electron chi connectivity index (χ4n) is 2.12. The lowest BCUT2D eigenvalue weighted by Crippen LogP contribution is -2.37. The fraction of sp³-hybridized carbons (Fsp3) is 0.500. The topological polar surface area (TPSA) is 38.0 Å².